The zero-order valence-electron chi connectivity index (χ0n) is 14.1. The quantitative estimate of drug-likeness (QED) is 0.792. The van der Waals surface area contributed by atoms with E-state index in [0.29, 0.717) is 18.4 Å². The monoisotopic (exact) mass is 296 g/mol. The largest absolute Gasteiger partial charge is 0.378 e. The van der Waals surface area contributed by atoms with Crippen LogP contribution in [-0.4, -0.2) is 30.7 Å². The summed E-state index contributed by atoms with van der Waals surface area (Å²) < 4.78 is 5.70. The standard InChI is InChI=1S/C17H32N2O2/c1-5-16(9-7-8-10-16)12-19-14(20)17(18)11-13(21-6-2)15(17,3)4/h13H,5-12,18H2,1-4H3,(H,19,20). The first-order valence-corrected chi connectivity index (χ1v) is 8.50. The Morgan fingerprint density at radius 2 is 1.90 bits per heavy atom. The lowest BCUT2D eigenvalue weighted by Gasteiger charge is -2.57. The van der Waals surface area contributed by atoms with Crippen molar-refractivity contribution >= 4 is 5.91 Å². The topological polar surface area (TPSA) is 64.3 Å². The van der Waals surface area contributed by atoms with E-state index in [2.05, 4.69) is 12.2 Å². The lowest BCUT2D eigenvalue weighted by Crippen LogP contribution is -2.76. The van der Waals surface area contributed by atoms with Crippen LogP contribution in [0, 0.1) is 10.8 Å². The van der Waals surface area contributed by atoms with Crippen LogP contribution in [0.4, 0.5) is 0 Å². The van der Waals surface area contributed by atoms with Crippen molar-refractivity contribution < 1.29 is 9.53 Å². The molecule has 4 heteroatoms. The molecule has 2 rings (SSSR count). The fraction of sp³-hybridized carbons (Fsp3) is 0.941. The average molecular weight is 296 g/mol. The summed E-state index contributed by atoms with van der Waals surface area (Å²) in [6, 6.07) is 0. The first kappa shape index (κ1) is 16.8. The van der Waals surface area contributed by atoms with E-state index >= 15 is 0 Å². The van der Waals surface area contributed by atoms with Crippen LogP contribution in [0.2, 0.25) is 0 Å². The third kappa shape index (κ3) is 2.72. The molecular formula is C17H32N2O2. The molecule has 0 heterocycles. The van der Waals surface area contributed by atoms with E-state index in [0.717, 1.165) is 13.0 Å². The van der Waals surface area contributed by atoms with Gasteiger partial charge in [-0.2, -0.15) is 0 Å². The molecule has 0 aromatic carbocycles. The van der Waals surface area contributed by atoms with Crippen molar-refractivity contribution in [2.45, 2.75) is 77.9 Å². The highest BCUT2D eigenvalue weighted by Gasteiger charge is 2.62. The zero-order valence-corrected chi connectivity index (χ0v) is 14.1. The summed E-state index contributed by atoms with van der Waals surface area (Å²) in [4.78, 5) is 12.6. The van der Waals surface area contributed by atoms with Gasteiger partial charge in [-0.05, 0) is 31.6 Å². The Kier molecular flexibility index (Phi) is 4.69. The van der Waals surface area contributed by atoms with Crippen molar-refractivity contribution in [1.29, 1.82) is 0 Å². The third-order valence-corrected chi connectivity index (χ3v) is 6.27. The summed E-state index contributed by atoms with van der Waals surface area (Å²) in [6.45, 7) is 9.75. The number of carbonyl (C=O) groups excluding carboxylic acids is 1. The molecule has 21 heavy (non-hydrogen) atoms. The smallest absolute Gasteiger partial charge is 0.240 e. The molecule has 1 amide bonds. The molecule has 0 saturated heterocycles. The van der Waals surface area contributed by atoms with Crippen molar-refractivity contribution in [3.05, 3.63) is 0 Å². The SMILES string of the molecule is CCOC1CC(N)(C(=O)NCC2(CC)CCCC2)C1(C)C. The average Bonchev–Trinajstić information content (AvgIpc) is 2.93. The third-order valence-electron chi connectivity index (χ3n) is 6.27. The minimum atomic E-state index is -0.791. The van der Waals surface area contributed by atoms with Crippen LogP contribution in [0.15, 0.2) is 0 Å². The molecule has 3 N–H and O–H groups in total. The minimum Gasteiger partial charge on any atom is -0.378 e. The second-order valence-electron chi connectivity index (χ2n) is 7.58. The maximum Gasteiger partial charge on any atom is 0.240 e. The van der Waals surface area contributed by atoms with Crippen molar-refractivity contribution in [3.8, 4) is 0 Å². The van der Waals surface area contributed by atoms with Gasteiger partial charge in [0.15, 0.2) is 0 Å². The Morgan fingerprint density at radius 1 is 1.29 bits per heavy atom. The van der Waals surface area contributed by atoms with Crippen LogP contribution in [0.5, 0.6) is 0 Å². The Bertz CT molecular complexity index is 388. The summed E-state index contributed by atoms with van der Waals surface area (Å²) >= 11 is 0. The van der Waals surface area contributed by atoms with Gasteiger partial charge >= 0.3 is 0 Å². The highest BCUT2D eigenvalue weighted by molar-refractivity contribution is 5.88. The number of rotatable bonds is 6. The summed E-state index contributed by atoms with van der Waals surface area (Å²) in [6.07, 6.45) is 6.88. The maximum atomic E-state index is 12.6. The summed E-state index contributed by atoms with van der Waals surface area (Å²) in [7, 11) is 0. The van der Waals surface area contributed by atoms with Gasteiger partial charge in [0.05, 0.1) is 6.10 Å². The number of ether oxygens (including phenoxy) is 1. The van der Waals surface area contributed by atoms with Gasteiger partial charge in [0.2, 0.25) is 5.91 Å². The van der Waals surface area contributed by atoms with Gasteiger partial charge in [-0.1, -0.05) is 33.6 Å². The molecule has 2 aliphatic carbocycles. The lowest BCUT2D eigenvalue weighted by molar-refractivity contribution is -0.171. The summed E-state index contributed by atoms with van der Waals surface area (Å²) in [5, 5.41) is 3.16. The van der Waals surface area contributed by atoms with Crippen molar-refractivity contribution in [2.24, 2.45) is 16.6 Å². The Morgan fingerprint density at radius 3 is 2.38 bits per heavy atom. The number of nitrogens with two attached hydrogens (primary N) is 1. The van der Waals surface area contributed by atoms with E-state index in [1.807, 2.05) is 20.8 Å². The van der Waals surface area contributed by atoms with E-state index in [4.69, 9.17) is 10.5 Å². The summed E-state index contributed by atoms with van der Waals surface area (Å²) in [5.41, 5.74) is 5.63. The number of amides is 1. The first-order valence-electron chi connectivity index (χ1n) is 8.50. The lowest BCUT2D eigenvalue weighted by atomic mass is 9.54. The van der Waals surface area contributed by atoms with Crippen LogP contribution in [0.1, 0.15) is 66.2 Å². The molecule has 4 nitrogen and oxygen atoms in total. The predicted octanol–water partition coefficient (Wildman–Crippen LogP) is 2.61. The van der Waals surface area contributed by atoms with Crippen LogP contribution in [0.25, 0.3) is 0 Å². The molecule has 0 bridgehead atoms. The molecule has 122 valence electrons. The van der Waals surface area contributed by atoms with Gasteiger partial charge in [-0.25, -0.2) is 0 Å². The van der Waals surface area contributed by atoms with Crippen molar-refractivity contribution in [1.82, 2.24) is 5.32 Å². The van der Waals surface area contributed by atoms with Gasteiger partial charge in [0, 0.05) is 25.0 Å². The van der Waals surface area contributed by atoms with E-state index in [1.165, 1.54) is 25.7 Å². The molecule has 0 aromatic heterocycles. The molecule has 0 radical (unpaired) electrons. The first-order chi connectivity index (χ1) is 9.81. The normalized spacial score (nSPS) is 33.5. The van der Waals surface area contributed by atoms with E-state index in [9.17, 15) is 4.79 Å². The molecule has 0 aromatic rings. The Hall–Kier alpha value is -0.610. The molecule has 2 aliphatic rings. The molecule has 0 spiro atoms. The molecule has 2 atom stereocenters. The van der Waals surface area contributed by atoms with E-state index in [-0.39, 0.29) is 17.4 Å². The fourth-order valence-corrected chi connectivity index (χ4v) is 4.03. The number of carbonyl (C=O) groups is 1. The number of hydrogen-bond donors (Lipinski definition) is 2. The maximum absolute atomic E-state index is 12.6. The van der Waals surface area contributed by atoms with Crippen LogP contribution in [0.3, 0.4) is 0 Å². The Labute approximate surface area is 129 Å². The van der Waals surface area contributed by atoms with Crippen molar-refractivity contribution in [3.63, 3.8) is 0 Å². The van der Waals surface area contributed by atoms with Crippen molar-refractivity contribution in [2.75, 3.05) is 13.2 Å². The van der Waals surface area contributed by atoms with Gasteiger partial charge in [-0.15, -0.1) is 0 Å². The van der Waals surface area contributed by atoms with E-state index < -0.39 is 5.54 Å². The van der Waals surface area contributed by atoms with Gasteiger partial charge in [0.1, 0.15) is 5.54 Å². The second kappa shape index (κ2) is 5.88. The van der Waals surface area contributed by atoms with Crippen LogP contribution >= 0.6 is 0 Å². The molecule has 2 saturated carbocycles. The predicted molar refractivity (Wildman–Crippen MR) is 84.9 cm³/mol. The second-order valence-corrected chi connectivity index (χ2v) is 7.58. The molecular weight excluding hydrogens is 264 g/mol. The van der Waals surface area contributed by atoms with Gasteiger partial charge in [0.25, 0.3) is 0 Å². The molecule has 2 fully saturated rings. The number of hydrogen-bond acceptors (Lipinski definition) is 3. The minimum absolute atomic E-state index is 0.00294. The molecule has 2 unspecified atom stereocenters. The van der Waals surface area contributed by atoms with Gasteiger partial charge < -0.3 is 15.8 Å². The highest BCUT2D eigenvalue weighted by atomic mass is 16.5. The van der Waals surface area contributed by atoms with Gasteiger partial charge in [-0.3, -0.25) is 4.79 Å². The Balaban J connectivity index is 1.94. The summed E-state index contributed by atoms with van der Waals surface area (Å²) in [5.74, 6) is 0.00294. The van der Waals surface area contributed by atoms with E-state index in [1.54, 1.807) is 0 Å². The number of nitrogens with one attached hydrogen (secondary N) is 1. The van der Waals surface area contributed by atoms with Crippen LogP contribution in [-0.2, 0) is 9.53 Å². The molecule has 0 aliphatic heterocycles. The highest BCUT2D eigenvalue weighted by Crippen LogP contribution is 2.50. The zero-order chi connectivity index (χ0) is 15.7. The fourth-order valence-electron chi connectivity index (χ4n) is 4.03. The van der Waals surface area contributed by atoms with Crippen LogP contribution < -0.4 is 11.1 Å².